The van der Waals surface area contributed by atoms with E-state index in [2.05, 4.69) is 61.6 Å². The van der Waals surface area contributed by atoms with Gasteiger partial charge < -0.3 is 10.5 Å². The molecule has 0 amide bonds. The average Bonchev–Trinajstić information content (AvgIpc) is 2.89. The van der Waals surface area contributed by atoms with Crippen LogP contribution in [0, 0.1) is 0 Å². The SMILES string of the molecule is CCCC[C@]1(CC)CSc2cc(CN)c(OC)cc2[C@@H](c2ccccc2)N1. The van der Waals surface area contributed by atoms with Gasteiger partial charge in [-0.2, -0.15) is 0 Å². The molecule has 0 spiro atoms. The summed E-state index contributed by atoms with van der Waals surface area (Å²) in [4.78, 5) is 1.32. The Morgan fingerprint density at radius 2 is 2.00 bits per heavy atom. The standard InChI is InChI=1S/C23H32N2OS/c1-4-6-12-23(5-2)16-27-21-13-18(15-24)20(26-3)14-19(21)22(25-23)17-10-8-7-9-11-17/h7-11,13-14,22,25H,4-6,12,15-16,24H2,1-3H3/t22-,23-/m1/s1. The highest BCUT2D eigenvalue weighted by Crippen LogP contribution is 2.43. The molecule has 2 aromatic carbocycles. The molecule has 4 heteroatoms. The van der Waals surface area contributed by atoms with E-state index in [9.17, 15) is 0 Å². The van der Waals surface area contributed by atoms with E-state index in [4.69, 9.17) is 10.5 Å². The molecule has 2 aromatic rings. The van der Waals surface area contributed by atoms with Gasteiger partial charge in [-0.25, -0.2) is 0 Å². The maximum atomic E-state index is 5.98. The van der Waals surface area contributed by atoms with Crippen molar-refractivity contribution in [3.05, 3.63) is 59.2 Å². The number of thioether (sulfide) groups is 1. The van der Waals surface area contributed by atoms with E-state index < -0.39 is 0 Å². The van der Waals surface area contributed by atoms with Gasteiger partial charge in [0, 0.05) is 28.3 Å². The molecule has 27 heavy (non-hydrogen) atoms. The lowest BCUT2D eigenvalue weighted by Crippen LogP contribution is -2.48. The van der Waals surface area contributed by atoms with Crippen molar-refractivity contribution in [2.75, 3.05) is 12.9 Å². The van der Waals surface area contributed by atoms with Gasteiger partial charge in [0.15, 0.2) is 0 Å². The molecule has 3 nitrogen and oxygen atoms in total. The van der Waals surface area contributed by atoms with E-state index in [-0.39, 0.29) is 11.6 Å². The summed E-state index contributed by atoms with van der Waals surface area (Å²) in [6.07, 6.45) is 4.79. The molecule has 2 atom stereocenters. The largest absolute Gasteiger partial charge is 0.496 e. The number of hydrogen-bond donors (Lipinski definition) is 2. The first-order valence-corrected chi connectivity index (χ1v) is 11.0. The Morgan fingerprint density at radius 3 is 2.63 bits per heavy atom. The molecule has 1 aliphatic rings. The van der Waals surface area contributed by atoms with E-state index >= 15 is 0 Å². The van der Waals surface area contributed by atoms with E-state index in [1.54, 1.807) is 7.11 Å². The van der Waals surface area contributed by atoms with Crippen molar-refractivity contribution < 1.29 is 4.74 Å². The predicted octanol–water partition coefficient (Wildman–Crippen LogP) is 5.28. The maximum Gasteiger partial charge on any atom is 0.123 e. The molecule has 0 fully saturated rings. The zero-order chi connectivity index (χ0) is 19.3. The number of benzene rings is 2. The minimum atomic E-state index is 0.135. The van der Waals surface area contributed by atoms with Crippen molar-refractivity contribution in [3.8, 4) is 5.75 Å². The Labute approximate surface area is 168 Å². The second-order valence-electron chi connectivity index (χ2n) is 7.42. The van der Waals surface area contributed by atoms with Gasteiger partial charge in [0.25, 0.3) is 0 Å². The van der Waals surface area contributed by atoms with Crippen molar-refractivity contribution in [2.24, 2.45) is 5.73 Å². The molecule has 3 N–H and O–H groups in total. The van der Waals surface area contributed by atoms with E-state index in [1.807, 2.05) is 11.8 Å². The summed E-state index contributed by atoms with van der Waals surface area (Å²) in [6.45, 7) is 5.08. The van der Waals surface area contributed by atoms with Gasteiger partial charge in [-0.3, -0.25) is 5.32 Å². The van der Waals surface area contributed by atoms with Crippen LogP contribution in [0.2, 0.25) is 0 Å². The third-order valence-corrected chi connectivity index (χ3v) is 7.08. The zero-order valence-electron chi connectivity index (χ0n) is 16.8. The van der Waals surface area contributed by atoms with Gasteiger partial charge in [0.2, 0.25) is 0 Å². The van der Waals surface area contributed by atoms with Crippen LogP contribution in [-0.2, 0) is 6.54 Å². The second-order valence-corrected chi connectivity index (χ2v) is 8.44. The molecule has 0 aromatic heterocycles. The summed E-state index contributed by atoms with van der Waals surface area (Å²) in [5, 5.41) is 4.07. The number of hydrogen-bond acceptors (Lipinski definition) is 4. The lowest BCUT2D eigenvalue weighted by molar-refractivity contribution is 0.297. The predicted molar refractivity (Wildman–Crippen MR) is 116 cm³/mol. The first-order valence-electron chi connectivity index (χ1n) is 10.0. The molecule has 1 heterocycles. The molecular weight excluding hydrogens is 352 g/mol. The number of methoxy groups -OCH3 is 1. The minimum Gasteiger partial charge on any atom is -0.496 e. The monoisotopic (exact) mass is 384 g/mol. The number of fused-ring (bicyclic) bond motifs is 1. The van der Waals surface area contributed by atoms with Crippen LogP contribution in [0.5, 0.6) is 5.75 Å². The Morgan fingerprint density at radius 1 is 1.22 bits per heavy atom. The summed E-state index contributed by atoms with van der Waals surface area (Å²) < 4.78 is 5.65. The molecular formula is C23H32N2OS. The Bertz CT molecular complexity index is 750. The lowest BCUT2D eigenvalue weighted by atomic mass is 9.88. The highest BCUT2D eigenvalue weighted by Gasteiger charge is 2.35. The van der Waals surface area contributed by atoms with Gasteiger partial charge in [-0.1, -0.05) is 57.0 Å². The van der Waals surface area contributed by atoms with E-state index in [0.29, 0.717) is 6.54 Å². The third-order valence-electron chi connectivity index (χ3n) is 5.72. The van der Waals surface area contributed by atoms with Crippen molar-refractivity contribution in [2.45, 2.75) is 62.6 Å². The van der Waals surface area contributed by atoms with Gasteiger partial charge in [0.1, 0.15) is 5.75 Å². The molecule has 0 bridgehead atoms. The number of nitrogens with one attached hydrogen (secondary N) is 1. The Balaban J connectivity index is 2.10. The number of unbranched alkanes of at least 4 members (excludes halogenated alkanes) is 1. The fourth-order valence-corrected chi connectivity index (χ4v) is 5.34. The fourth-order valence-electron chi connectivity index (χ4n) is 3.91. The number of nitrogens with two attached hydrogens (primary N) is 1. The van der Waals surface area contributed by atoms with Crippen molar-refractivity contribution in [3.63, 3.8) is 0 Å². The smallest absolute Gasteiger partial charge is 0.123 e. The highest BCUT2D eigenvalue weighted by molar-refractivity contribution is 7.99. The minimum absolute atomic E-state index is 0.135. The summed E-state index contributed by atoms with van der Waals surface area (Å²) >= 11 is 1.97. The summed E-state index contributed by atoms with van der Waals surface area (Å²) in [6, 6.07) is 15.4. The molecule has 0 radical (unpaired) electrons. The molecule has 146 valence electrons. The van der Waals surface area contributed by atoms with Crippen LogP contribution in [0.25, 0.3) is 0 Å². The quantitative estimate of drug-likeness (QED) is 0.682. The molecule has 3 rings (SSSR count). The first kappa shape index (κ1) is 20.2. The van der Waals surface area contributed by atoms with Crippen molar-refractivity contribution in [1.82, 2.24) is 5.32 Å². The topological polar surface area (TPSA) is 47.3 Å². The zero-order valence-corrected chi connectivity index (χ0v) is 17.6. The summed E-state index contributed by atoms with van der Waals surface area (Å²) in [7, 11) is 1.73. The first-order chi connectivity index (χ1) is 13.2. The molecule has 0 saturated heterocycles. The lowest BCUT2D eigenvalue weighted by Gasteiger charge is -2.36. The number of rotatable bonds is 7. The maximum absolute atomic E-state index is 5.98. The van der Waals surface area contributed by atoms with Crippen LogP contribution >= 0.6 is 11.8 Å². The number of ether oxygens (including phenoxy) is 1. The summed E-state index contributed by atoms with van der Waals surface area (Å²) in [5.41, 5.74) is 9.80. The molecule has 0 saturated carbocycles. The van der Waals surface area contributed by atoms with E-state index in [1.165, 1.54) is 35.3 Å². The van der Waals surface area contributed by atoms with Gasteiger partial charge >= 0.3 is 0 Å². The van der Waals surface area contributed by atoms with Crippen LogP contribution < -0.4 is 15.8 Å². The Kier molecular flexibility index (Phi) is 6.85. The van der Waals surface area contributed by atoms with Gasteiger partial charge in [-0.05, 0) is 36.1 Å². The van der Waals surface area contributed by atoms with E-state index in [0.717, 1.165) is 23.5 Å². The van der Waals surface area contributed by atoms with Crippen LogP contribution in [-0.4, -0.2) is 18.4 Å². The van der Waals surface area contributed by atoms with Crippen LogP contribution in [0.15, 0.2) is 47.4 Å². The normalized spacial score (nSPS) is 22.1. The highest BCUT2D eigenvalue weighted by atomic mass is 32.2. The van der Waals surface area contributed by atoms with Crippen molar-refractivity contribution >= 4 is 11.8 Å². The molecule has 1 aliphatic heterocycles. The molecule has 0 unspecified atom stereocenters. The second kappa shape index (κ2) is 9.13. The Hall–Kier alpha value is -1.49. The van der Waals surface area contributed by atoms with Gasteiger partial charge in [-0.15, -0.1) is 11.8 Å². The molecule has 0 aliphatic carbocycles. The van der Waals surface area contributed by atoms with Crippen LogP contribution in [0.4, 0.5) is 0 Å². The van der Waals surface area contributed by atoms with Crippen LogP contribution in [0.3, 0.4) is 0 Å². The van der Waals surface area contributed by atoms with Crippen molar-refractivity contribution in [1.29, 1.82) is 0 Å². The van der Waals surface area contributed by atoms with Crippen LogP contribution in [0.1, 0.15) is 62.3 Å². The summed E-state index contributed by atoms with van der Waals surface area (Å²) in [5.74, 6) is 1.97. The van der Waals surface area contributed by atoms with Gasteiger partial charge in [0.05, 0.1) is 13.2 Å². The average molecular weight is 385 g/mol. The fraction of sp³-hybridized carbons (Fsp3) is 0.478. The third kappa shape index (κ3) is 4.34.